The summed E-state index contributed by atoms with van der Waals surface area (Å²) in [6, 6.07) is 13.5. The van der Waals surface area contributed by atoms with Gasteiger partial charge in [-0.3, -0.25) is 5.43 Å². The maximum atomic E-state index is 6.28. The lowest BCUT2D eigenvalue weighted by Crippen LogP contribution is -1.98. The van der Waals surface area contributed by atoms with Gasteiger partial charge in [0.1, 0.15) is 6.61 Å². The lowest BCUT2D eigenvalue weighted by atomic mass is 10.2. The fourth-order valence-corrected chi connectivity index (χ4v) is 3.27. The van der Waals surface area contributed by atoms with Crippen LogP contribution in [0.1, 0.15) is 5.56 Å². The minimum atomic E-state index is 0.346. The van der Waals surface area contributed by atoms with E-state index in [9.17, 15) is 0 Å². The van der Waals surface area contributed by atoms with Gasteiger partial charge in [0.15, 0.2) is 11.5 Å². The number of nitrogens with zero attached hydrogens (tertiary/aromatic N) is 2. The van der Waals surface area contributed by atoms with Crippen LogP contribution in [0.15, 0.2) is 65.6 Å². The molecule has 5 nitrogen and oxygen atoms in total. The van der Waals surface area contributed by atoms with Gasteiger partial charge in [0, 0.05) is 10.9 Å². The third-order valence-corrected chi connectivity index (χ3v) is 4.57. The molecule has 27 heavy (non-hydrogen) atoms. The maximum Gasteiger partial charge on any atom is 0.203 e. The van der Waals surface area contributed by atoms with Crippen molar-refractivity contribution < 1.29 is 9.47 Å². The Kier molecular flexibility index (Phi) is 6.46. The summed E-state index contributed by atoms with van der Waals surface area (Å²) in [6.45, 7) is 3.97. The van der Waals surface area contributed by atoms with E-state index in [2.05, 4.69) is 22.1 Å². The topological polar surface area (TPSA) is 55.7 Å². The molecule has 3 rings (SSSR count). The van der Waals surface area contributed by atoms with Crippen molar-refractivity contribution in [3.8, 4) is 22.8 Å². The highest BCUT2D eigenvalue weighted by atomic mass is 35.5. The minimum absolute atomic E-state index is 0.346. The Hall–Kier alpha value is -2.83. The lowest BCUT2D eigenvalue weighted by Gasteiger charge is -2.11. The van der Waals surface area contributed by atoms with E-state index in [1.165, 1.54) is 11.3 Å². The van der Waals surface area contributed by atoms with Crippen LogP contribution in [0.2, 0.25) is 5.02 Å². The number of hydrogen-bond acceptors (Lipinski definition) is 6. The highest BCUT2D eigenvalue weighted by Gasteiger charge is 2.11. The van der Waals surface area contributed by atoms with Crippen molar-refractivity contribution in [2.24, 2.45) is 5.10 Å². The molecule has 1 heterocycles. The largest absolute Gasteiger partial charge is 0.493 e. The Labute approximate surface area is 166 Å². The molecule has 0 aliphatic heterocycles. The Morgan fingerprint density at radius 1 is 1.30 bits per heavy atom. The highest BCUT2D eigenvalue weighted by molar-refractivity contribution is 7.14. The maximum absolute atomic E-state index is 6.28. The smallest absolute Gasteiger partial charge is 0.203 e. The number of ether oxygens (including phenoxy) is 2. The van der Waals surface area contributed by atoms with Crippen LogP contribution in [0.25, 0.3) is 11.3 Å². The first-order valence-electron chi connectivity index (χ1n) is 8.12. The molecule has 0 unspecified atom stereocenters. The molecule has 0 saturated heterocycles. The van der Waals surface area contributed by atoms with Gasteiger partial charge < -0.3 is 9.47 Å². The standard InChI is InChI=1S/C20H18ClN3O2S/c1-3-9-26-19-16(21)10-14(11-18(19)25-2)12-22-24-20-23-17(13-27-20)15-7-5-4-6-8-15/h3-8,10-13H,1,9H2,2H3,(H,23,24). The zero-order valence-electron chi connectivity index (χ0n) is 14.7. The van der Waals surface area contributed by atoms with Gasteiger partial charge in [0.2, 0.25) is 5.13 Å². The van der Waals surface area contributed by atoms with Gasteiger partial charge >= 0.3 is 0 Å². The second-order valence-corrected chi connectivity index (χ2v) is 6.67. The van der Waals surface area contributed by atoms with Crippen LogP contribution in [0, 0.1) is 0 Å². The number of benzene rings is 2. The number of aromatic nitrogens is 1. The van der Waals surface area contributed by atoms with E-state index in [1.54, 1.807) is 31.5 Å². The van der Waals surface area contributed by atoms with Crippen LogP contribution in [-0.2, 0) is 0 Å². The normalized spacial score (nSPS) is 10.7. The number of halogens is 1. The molecule has 7 heteroatoms. The Balaban J connectivity index is 1.70. The van der Waals surface area contributed by atoms with Crippen molar-refractivity contribution in [1.82, 2.24) is 4.98 Å². The van der Waals surface area contributed by atoms with Gasteiger partial charge in [-0.15, -0.1) is 11.3 Å². The summed E-state index contributed by atoms with van der Waals surface area (Å²) in [5, 5.41) is 7.36. The molecule has 0 aliphatic carbocycles. The molecule has 3 aromatic rings. The molecular weight excluding hydrogens is 382 g/mol. The first-order chi connectivity index (χ1) is 13.2. The zero-order valence-corrected chi connectivity index (χ0v) is 16.3. The van der Waals surface area contributed by atoms with Gasteiger partial charge in [-0.05, 0) is 17.7 Å². The molecule has 0 spiro atoms. The van der Waals surface area contributed by atoms with E-state index >= 15 is 0 Å². The molecule has 0 amide bonds. The average molecular weight is 400 g/mol. The minimum Gasteiger partial charge on any atom is -0.493 e. The predicted molar refractivity (Wildman–Crippen MR) is 112 cm³/mol. The molecule has 1 aromatic heterocycles. The Morgan fingerprint density at radius 3 is 2.85 bits per heavy atom. The Morgan fingerprint density at radius 2 is 2.11 bits per heavy atom. The molecule has 0 fully saturated rings. The SMILES string of the molecule is C=CCOc1c(Cl)cc(C=NNc2nc(-c3ccccc3)cs2)cc1OC. The summed E-state index contributed by atoms with van der Waals surface area (Å²) < 4.78 is 10.9. The first kappa shape index (κ1) is 18.9. The van der Waals surface area contributed by atoms with E-state index in [0.29, 0.717) is 28.3 Å². The molecule has 138 valence electrons. The second kappa shape index (κ2) is 9.21. The number of nitrogens with one attached hydrogen (secondary N) is 1. The molecule has 0 radical (unpaired) electrons. The van der Waals surface area contributed by atoms with Gasteiger partial charge in [0.05, 0.1) is 24.0 Å². The van der Waals surface area contributed by atoms with Gasteiger partial charge in [0.25, 0.3) is 0 Å². The van der Waals surface area contributed by atoms with Crippen LogP contribution in [0.4, 0.5) is 5.13 Å². The van der Waals surface area contributed by atoms with Crippen molar-refractivity contribution in [1.29, 1.82) is 0 Å². The Bertz CT molecular complexity index is 942. The summed E-state index contributed by atoms with van der Waals surface area (Å²) in [5.74, 6) is 1.02. The summed E-state index contributed by atoms with van der Waals surface area (Å²) in [7, 11) is 1.56. The van der Waals surface area contributed by atoms with E-state index in [1.807, 2.05) is 35.7 Å². The fraction of sp³-hybridized carbons (Fsp3) is 0.100. The molecule has 0 aliphatic rings. The lowest BCUT2D eigenvalue weighted by molar-refractivity contribution is 0.326. The van der Waals surface area contributed by atoms with Crippen LogP contribution in [0.3, 0.4) is 0 Å². The van der Waals surface area contributed by atoms with Crippen LogP contribution >= 0.6 is 22.9 Å². The number of anilines is 1. The van der Waals surface area contributed by atoms with Crippen molar-refractivity contribution in [2.75, 3.05) is 19.1 Å². The fourth-order valence-electron chi connectivity index (χ4n) is 2.33. The quantitative estimate of drug-likeness (QED) is 0.309. The molecule has 1 N–H and O–H groups in total. The summed E-state index contributed by atoms with van der Waals surface area (Å²) >= 11 is 7.77. The molecule has 0 atom stereocenters. The van der Waals surface area contributed by atoms with Crippen molar-refractivity contribution in [3.63, 3.8) is 0 Å². The van der Waals surface area contributed by atoms with Gasteiger partial charge in [-0.25, -0.2) is 4.98 Å². The number of methoxy groups -OCH3 is 1. The molecular formula is C20H18ClN3O2S. The van der Waals surface area contributed by atoms with Crippen molar-refractivity contribution >= 4 is 34.3 Å². The second-order valence-electron chi connectivity index (χ2n) is 5.41. The van der Waals surface area contributed by atoms with Crippen LogP contribution in [-0.4, -0.2) is 24.9 Å². The van der Waals surface area contributed by atoms with E-state index < -0.39 is 0 Å². The number of hydrogen-bond donors (Lipinski definition) is 1. The summed E-state index contributed by atoms with van der Waals surface area (Å²) in [6.07, 6.45) is 3.29. The molecule has 2 aromatic carbocycles. The number of hydrazone groups is 1. The predicted octanol–water partition coefficient (Wildman–Crippen LogP) is 5.48. The zero-order chi connectivity index (χ0) is 19.1. The van der Waals surface area contributed by atoms with Crippen LogP contribution < -0.4 is 14.9 Å². The van der Waals surface area contributed by atoms with Gasteiger partial charge in [-0.1, -0.05) is 54.6 Å². The van der Waals surface area contributed by atoms with E-state index in [0.717, 1.165) is 16.8 Å². The van der Waals surface area contributed by atoms with E-state index in [4.69, 9.17) is 21.1 Å². The van der Waals surface area contributed by atoms with E-state index in [-0.39, 0.29) is 0 Å². The summed E-state index contributed by atoms with van der Waals surface area (Å²) in [4.78, 5) is 4.52. The first-order valence-corrected chi connectivity index (χ1v) is 9.38. The number of thiazole rings is 1. The highest BCUT2D eigenvalue weighted by Crippen LogP contribution is 2.36. The third kappa shape index (κ3) is 4.87. The van der Waals surface area contributed by atoms with Crippen molar-refractivity contribution in [2.45, 2.75) is 0 Å². The number of rotatable bonds is 8. The van der Waals surface area contributed by atoms with Crippen molar-refractivity contribution in [3.05, 3.63) is 71.1 Å². The molecule has 0 saturated carbocycles. The third-order valence-electron chi connectivity index (χ3n) is 3.54. The summed E-state index contributed by atoms with van der Waals surface area (Å²) in [5.41, 5.74) is 5.69. The monoisotopic (exact) mass is 399 g/mol. The van der Waals surface area contributed by atoms with Gasteiger partial charge in [-0.2, -0.15) is 5.10 Å². The average Bonchev–Trinajstić information content (AvgIpc) is 3.16. The molecule has 0 bridgehead atoms. The van der Waals surface area contributed by atoms with Crippen LogP contribution in [0.5, 0.6) is 11.5 Å².